The van der Waals surface area contributed by atoms with Crippen LogP contribution in [-0.2, 0) is 0 Å². The average Bonchev–Trinajstić information content (AvgIpc) is 2.28. The summed E-state index contributed by atoms with van der Waals surface area (Å²) < 4.78 is 5.55. The fourth-order valence-electron chi connectivity index (χ4n) is 1.26. The Bertz CT molecular complexity index is 484. The van der Waals surface area contributed by atoms with Crippen molar-refractivity contribution in [3.05, 3.63) is 38.4 Å². The van der Waals surface area contributed by atoms with Gasteiger partial charge < -0.3 is 4.74 Å². The van der Waals surface area contributed by atoms with E-state index in [9.17, 15) is 20.2 Å². The molecule has 0 amide bonds. The van der Waals surface area contributed by atoms with Crippen LogP contribution in [0.2, 0.25) is 0 Å². The second-order valence-electron chi connectivity index (χ2n) is 4.38. The van der Waals surface area contributed by atoms with E-state index in [4.69, 9.17) is 4.74 Å². The minimum atomic E-state index is -0.788. The molecule has 18 heavy (non-hydrogen) atoms. The van der Waals surface area contributed by atoms with Gasteiger partial charge in [-0.15, -0.1) is 0 Å². The summed E-state index contributed by atoms with van der Waals surface area (Å²) in [6.45, 7) is 5.58. The molecule has 0 aliphatic heterocycles. The maximum atomic E-state index is 10.8. The maximum Gasteiger partial charge on any atom is 0.349 e. The highest BCUT2D eigenvalue weighted by molar-refractivity contribution is 5.55. The van der Waals surface area contributed by atoms with Crippen molar-refractivity contribution in [3.8, 4) is 5.75 Å². The lowest BCUT2D eigenvalue weighted by Crippen LogP contribution is -2.26. The van der Waals surface area contributed by atoms with Gasteiger partial charge in [0.1, 0.15) is 11.4 Å². The van der Waals surface area contributed by atoms with E-state index >= 15 is 0 Å². The zero-order valence-electron chi connectivity index (χ0n) is 10.4. The van der Waals surface area contributed by atoms with E-state index in [2.05, 4.69) is 0 Å². The Kier molecular flexibility index (Phi) is 3.85. The van der Waals surface area contributed by atoms with E-state index in [-0.39, 0.29) is 5.75 Å². The second kappa shape index (κ2) is 4.99. The van der Waals surface area contributed by atoms with Crippen molar-refractivity contribution in [2.24, 2.45) is 0 Å². The Morgan fingerprint density at radius 2 is 1.72 bits per heavy atom. The van der Waals surface area contributed by atoms with Crippen molar-refractivity contribution in [3.63, 3.8) is 0 Å². The molecule has 0 spiro atoms. The van der Waals surface area contributed by atoms with Crippen LogP contribution in [0.15, 0.2) is 18.2 Å². The zero-order chi connectivity index (χ0) is 13.9. The first-order valence-electron chi connectivity index (χ1n) is 5.38. The Labute approximate surface area is 104 Å². The first-order valence-corrected chi connectivity index (χ1v) is 5.38. The lowest BCUT2D eigenvalue weighted by molar-refractivity contribution is -0.422. The van der Waals surface area contributed by atoms with Crippen LogP contribution in [-0.4, -0.2) is 15.4 Å². The van der Waals surface area contributed by atoms with E-state index < -0.39 is 26.8 Å². The summed E-state index contributed by atoms with van der Waals surface area (Å²) in [6.07, 6.45) is 0.706. The topological polar surface area (TPSA) is 95.5 Å². The van der Waals surface area contributed by atoms with Crippen LogP contribution >= 0.6 is 0 Å². The lowest BCUT2D eigenvalue weighted by Gasteiger charge is -2.24. The van der Waals surface area contributed by atoms with Crippen molar-refractivity contribution in [2.45, 2.75) is 32.8 Å². The minimum absolute atomic E-state index is 0.249. The van der Waals surface area contributed by atoms with Crippen molar-refractivity contribution in [1.82, 2.24) is 0 Å². The molecular weight excluding hydrogens is 240 g/mol. The summed E-state index contributed by atoms with van der Waals surface area (Å²) in [5.41, 5.74) is -1.59. The van der Waals surface area contributed by atoms with E-state index in [1.54, 1.807) is 0 Å². The molecule has 7 heteroatoms. The predicted molar refractivity (Wildman–Crippen MR) is 64.7 cm³/mol. The molecule has 0 atom stereocenters. The molecule has 7 nitrogen and oxygen atoms in total. The molecule has 1 aromatic rings. The van der Waals surface area contributed by atoms with Crippen molar-refractivity contribution in [2.75, 3.05) is 0 Å². The Balaban J connectivity index is 3.16. The highest BCUT2D eigenvalue weighted by Crippen LogP contribution is 2.32. The molecule has 98 valence electrons. The van der Waals surface area contributed by atoms with Gasteiger partial charge in [0, 0.05) is 6.07 Å². The fourth-order valence-corrected chi connectivity index (χ4v) is 1.26. The number of nitrogens with zero attached hydrogens (tertiary/aromatic N) is 2. The van der Waals surface area contributed by atoms with Gasteiger partial charge in [-0.3, -0.25) is 20.2 Å². The van der Waals surface area contributed by atoms with Crippen LogP contribution in [0.5, 0.6) is 5.75 Å². The third-order valence-corrected chi connectivity index (χ3v) is 2.59. The maximum absolute atomic E-state index is 10.8. The molecule has 0 aromatic heterocycles. The molecule has 0 saturated heterocycles. The van der Waals surface area contributed by atoms with Crippen LogP contribution in [0, 0.1) is 20.2 Å². The monoisotopic (exact) mass is 254 g/mol. The Morgan fingerprint density at radius 3 is 2.17 bits per heavy atom. The molecule has 0 aliphatic rings. The average molecular weight is 254 g/mol. The normalized spacial score (nSPS) is 11.1. The molecule has 0 radical (unpaired) electrons. The van der Waals surface area contributed by atoms with Crippen LogP contribution in [0.3, 0.4) is 0 Å². The SMILES string of the molecule is CCC(C)(C)Oc1ccc([N+](=O)[O-])c([N+](=O)[O-])c1. The van der Waals surface area contributed by atoms with Crippen LogP contribution in [0.4, 0.5) is 11.4 Å². The van der Waals surface area contributed by atoms with Crippen LogP contribution in [0.25, 0.3) is 0 Å². The summed E-state index contributed by atoms with van der Waals surface area (Å²) in [5.74, 6) is 0.249. The van der Waals surface area contributed by atoms with Gasteiger partial charge in [-0.2, -0.15) is 0 Å². The quantitative estimate of drug-likeness (QED) is 0.594. The molecule has 1 aromatic carbocycles. The first kappa shape index (κ1) is 13.9. The molecule has 0 saturated carbocycles. The van der Waals surface area contributed by atoms with Gasteiger partial charge in [0.05, 0.1) is 15.9 Å². The smallest absolute Gasteiger partial charge is 0.349 e. The number of hydrogen-bond donors (Lipinski definition) is 0. The zero-order valence-corrected chi connectivity index (χ0v) is 10.4. The molecule has 1 rings (SSSR count). The number of benzene rings is 1. The summed E-state index contributed by atoms with van der Waals surface area (Å²) in [7, 11) is 0. The van der Waals surface area contributed by atoms with Crippen molar-refractivity contribution < 1.29 is 14.6 Å². The van der Waals surface area contributed by atoms with Gasteiger partial charge in [-0.05, 0) is 26.3 Å². The predicted octanol–water partition coefficient (Wildman–Crippen LogP) is 3.07. The molecule has 0 unspecified atom stereocenters. The molecule has 0 aliphatic carbocycles. The van der Waals surface area contributed by atoms with E-state index in [0.29, 0.717) is 6.42 Å². The van der Waals surface area contributed by atoms with Crippen LogP contribution < -0.4 is 4.74 Å². The number of ether oxygens (including phenoxy) is 1. The molecule has 0 bridgehead atoms. The Hall–Kier alpha value is -2.18. The van der Waals surface area contributed by atoms with Gasteiger partial charge >= 0.3 is 11.4 Å². The largest absolute Gasteiger partial charge is 0.488 e. The van der Waals surface area contributed by atoms with Gasteiger partial charge in [-0.1, -0.05) is 6.92 Å². The second-order valence-corrected chi connectivity index (χ2v) is 4.38. The van der Waals surface area contributed by atoms with E-state index in [1.807, 2.05) is 20.8 Å². The number of hydrogen-bond acceptors (Lipinski definition) is 5. The van der Waals surface area contributed by atoms with Gasteiger partial charge in [0.15, 0.2) is 0 Å². The van der Waals surface area contributed by atoms with E-state index in [0.717, 1.165) is 12.1 Å². The summed E-state index contributed by atoms with van der Waals surface area (Å²) in [6, 6.07) is 3.53. The highest BCUT2D eigenvalue weighted by atomic mass is 16.6. The van der Waals surface area contributed by atoms with Crippen molar-refractivity contribution >= 4 is 11.4 Å². The van der Waals surface area contributed by atoms with Gasteiger partial charge in [-0.25, -0.2) is 0 Å². The van der Waals surface area contributed by atoms with Crippen molar-refractivity contribution in [1.29, 1.82) is 0 Å². The number of nitro groups is 2. The summed E-state index contributed by atoms with van der Waals surface area (Å²) in [5, 5.41) is 21.4. The van der Waals surface area contributed by atoms with E-state index in [1.165, 1.54) is 6.07 Å². The molecule has 0 fully saturated rings. The summed E-state index contributed by atoms with van der Waals surface area (Å²) >= 11 is 0. The molecule has 0 N–H and O–H groups in total. The van der Waals surface area contributed by atoms with Crippen LogP contribution in [0.1, 0.15) is 27.2 Å². The lowest BCUT2D eigenvalue weighted by atomic mass is 10.1. The number of nitro benzene ring substituents is 2. The van der Waals surface area contributed by atoms with Gasteiger partial charge in [0.25, 0.3) is 0 Å². The summed E-state index contributed by atoms with van der Waals surface area (Å²) in [4.78, 5) is 19.8. The fraction of sp³-hybridized carbons (Fsp3) is 0.455. The third-order valence-electron chi connectivity index (χ3n) is 2.59. The van der Waals surface area contributed by atoms with Gasteiger partial charge in [0.2, 0.25) is 0 Å². The third kappa shape index (κ3) is 3.16. The highest BCUT2D eigenvalue weighted by Gasteiger charge is 2.26. The standard InChI is InChI=1S/C11H14N2O5/c1-4-11(2,3)18-8-5-6-9(12(14)15)10(7-8)13(16)17/h5-7H,4H2,1-3H3. The first-order chi connectivity index (χ1) is 8.26. The number of rotatable bonds is 5. The Morgan fingerprint density at radius 1 is 1.17 bits per heavy atom. The molecule has 0 heterocycles. The molecular formula is C11H14N2O5. The minimum Gasteiger partial charge on any atom is -0.488 e.